The summed E-state index contributed by atoms with van der Waals surface area (Å²) in [6, 6.07) is 15.3. The van der Waals surface area contributed by atoms with Crippen LogP contribution in [-0.4, -0.2) is 6.10 Å². The molecule has 1 atom stereocenters. The molecule has 2 aromatic rings. The minimum atomic E-state index is 0.264. The van der Waals surface area contributed by atoms with Gasteiger partial charge in [0.25, 0.3) is 0 Å². The van der Waals surface area contributed by atoms with Gasteiger partial charge in [0.2, 0.25) is 0 Å². The Balaban J connectivity index is 1.59. The van der Waals surface area contributed by atoms with E-state index in [4.69, 9.17) is 16.3 Å². The minimum Gasteiger partial charge on any atom is -0.489 e. The van der Waals surface area contributed by atoms with Gasteiger partial charge < -0.3 is 4.74 Å². The predicted octanol–water partition coefficient (Wildman–Crippen LogP) is 9.07. The Kier molecular flexibility index (Phi) is 9.59. The molecule has 163 valence electrons. The number of ether oxygens (including phenoxy) is 1. The average molecular weight is 426 g/mol. The van der Waals surface area contributed by atoms with Crippen LogP contribution in [0.1, 0.15) is 83.6 Å². The number of rotatable bonds is 11. The first-order chi connectivity index (χ1) is 14.7. The van der Waals surface area contributed by atoms with Crippen LogP contribution in [0.4, 0.5) is 0 Å². The van der Waals surface area contributed by atoms with Crippen LogP contribution >= 0.6 is 11.6 Å². The number of unbranched alkanes of at least 4 members (excludes halogenated alkanes) is 1. The molecule has 1 aliphatic rings. The van der Waals surface area contributed by atoms with E-state index < -0.39 is 0 Å². The lowest BCUT2D eigenvalue weighted by Gasteiger charge is -2.21. The maximum absolute atomic E-state index is 6.60. The summed E-state index contributed by atoms with van der Waals surface area (Å²) in [4.78, 5) is 0. The predicted molar refractivity (Wildman–Crippen MR) is 130 cm³/mol. The minimum absolute atomic E-state index is 0.264. The molecular weight excluding hydrogens is 388 g/mol. The van der Waals surface area contributed by atoms with Gasteiger partial charge in [-0.1, -0.05) is 87.9 Å². The van der Waals surface area contributed by atoms with Crippen LogP contribution in [-0.2, 0) is 6.42 Å². The lowest BCUT2D eigenvalue weighted by molar-refractivity contribution is 0.177. The molecule has 30 heavy (non-hydrogen) atoms. The van der Waals surface area contributed by atoms with E-state index >= 15 is 0 Å². The molecule has 2 aromatic carbocycles. The Hall–Kier alpha value is -1.47. The smallest absolute Gasteiger partial charge is 0.138 e. The fourth-order valence-corrected chi connectivity index (χ4v) is 4.72. The van der Waals surface area contributed by atoms with E-state index in [0.29, 0.717) is 5.02 Å². The summed E-state index contributed by atoms with van der Waals surface area (Å²) in [6.45, 7) is 4.44. The van der Waals surface area contributed by atoms with Crippen LogP contribution in [0.3, 0.4) is 0 Å². The van der Waals surface area contributed by atoms with E-state index in [1.54, 1.807) is 0 Å². The largest absolute Gasteiger partial charge is 0.489 e. The highest BCUT2D eigenvalue weighted by atomic mass is 35.5. The first-order valence-electron chi connectivity index (χ1n) is 12.1. The normalized spacial score (nSPS) is 15.8. The van der Waals surface area contributed by atoms with Gasteiger partial charge in [-0.25, -0.2) is 0 Å². The molecule has 0 N–H and O–H groups in total. The number of hydrogen-bond acceptors (Lipinski definition) is 1. The van der Waals surface area contributed by atoms with E-state index in [-0.39, 0.29) is 6.10 Å². The fourth-order valence-electron chi connectivity index (χ4n) is 4.49. The van der Waals surface area contributed by atoms with Gasteiger partial charge >= 0.3 is 0 Å². The number of halogens is 1. The summed E-state index contributed by atoms with van der Waals surface area (Å²) in [5.41, 5.74) is 3.82. The van der Waals surface area contributed by atoms with Gasteiger partial charge in [0.15, 0.2) is 0 Å². The molecule has 0 amide bonds. The first kappa shape index (κ1) is 23.2. The zero-order chi connectivity index (χ0) is 21.2. The highest BCUT2D eigenvalue weighted by Crippen LogP contribution is 2.33. The lowest BCUT2D eigenvalue weighted by atomic mass is 9.85. The van der Waals surface area contributed by atoms with E-state index in [1.807, 2.05) is 12.1 Å². The van der Waals surface area contributed by atoms with Crippen molar-refractivity contribution in [1.29, 1.82) is 0 Å². The Morgan fingerprint density at radius 3 is 2.33 bits per heavy atom. The van der Waals surface area contributed by atoms with Crippen molar-refractivity contribution in [2.75, 3.05) is 0 Å². The van der Waals surface area contributed by atoms with Gasteiger partial charge in [-0.15, -0.1) is 0 Å². The Morgan fingerprint density at radius 1 is 0.933 bits per heavy atom. The maximum atomic E-state index is 6.60. The number of hydrogen-bond donors (Lipinski definition) is 0. The molecule has 3 rings (SSSR count). The third kappa shape index (κ3) is 7.05. The van der Waals surface area contributed by atoms with E-state index in [0.717, 1.165) is 36.5 Å². The lowest BCUT2D eigenvalue weighted by Crippen LogP contribution is -2.16. The average Bonchev–Trinajstić information content (AvgIpc) is 2.78. The summed E-state index contributed by atoms with van der Waals surface area (Å²) >= 11 is 6.60. The summed E-state index contributed by atoms with van der Waals surface area (Å²) in [5, 5.41) is 0.711. The topological polar surface area (TPSA) is 9.23 Å². The quantitative estimate of drug-likeness (QED) is 0.348. The molecule has 2 heteroatoms. The molecule has 0 saturated heterocycles. The molecule has 0 aliphatic heterocycles. The number of aryl methyl sites for hydroxylation is 1. The van der Waals surface area contributed by atoms with Crippen LogP contribution in [0, 0.1) is 12.3 Å². The standard InChI is InChI=1S/C28H38ClO/c1-3-5-12-26(9-4-2)30-28-20-19-25(21-27(28)29)24-17-15-23(16-18-24)14-13-22-10-7-6-8-11-22/h6,15-22,26H,3-5,7-14H2,1-2H3. The van der Waals surface area contributed by atoms with Gasteiger partial charge in [-0.3, -0.25) is 0 Å². The van der Waals surface area contributed by atoms with Crippen molar-refractivity contribution < 1.29 is 4.74 Å². The third-order valence-electron chi connectivity index (χ3n) is 6.40. The van der Waals surface area contributed by atoms with Gasteiger partial charge in [0.05, 0.1) is 11.1 Å². The van der Waals surface area contributed by atoms with Gasteiger partial charge in [0.1, 0.15) is 5.75 Å². The molecule has 1 unspecified atom stereocenters. The Bertz CT molecular complexity index is 746. The third-order valence-corrected chi connectivity index (χ3v) is 6.70. The van der Waals surface area contributed by atoms with Crippen molar-refractivity contribution in [2.24, 2.45) is 5.92 Å². The molecule has 1 fully saturated rings. The molecule has 1 saturated carbocycles. The van der Waals surface area contributed by atoms with E-state index in [9.17, 15) is 0 Å². The Labute approximate surface area is 189 Å². The fraction of sp³-hybridized carbons (Fsp3) is 0.536. The second kappa shape index (κ2) is 12.4. The monoisotopic (exact) mass is 425 g/mol. The highest BCUT2D eigenvalue weighted by molar-refractivity contribution is 6.32. The Morgan fingerprint density at radius 2 is 1.67 bits per heavy atom. The van der Waals surface area contributed by atoms with Crippen molar-refractivity contribution in [3.8, 4) is 16.9 Å². The molecule has 0 spiro atoms. The van der Waals surface area contributed by atoms with Crippen molar-refractivity contribution in [3.63, 3.8) is 0 Å². The summed E-state index contributed by atoms with van der Waals surface area (Å²) < 4.78 is 6.25. The molecule has 1 radical (unpaired) electrons. The summed E-state index contributed by atoms with van der Waals surface area (Å²) in [6.07, 6.45) is 16.3. The van der Waals surface area contributed by atoms with E-state index in [1.165, 1.54) is 62.5 Å². The molecular formula is C28H38ClO. The second-order valence-electron chi connectivity index (χ2n) is 8.86. The van der Waals surface area contributed by atoms with Gasteiger partial charge in [0, 0.05) is 0 Å². The zero-order valence-corrected chi connectivity index (χ0v) is 19.6. The molecule has 0 bridgehead atoms. The van der Waals surface area contributed by atoms with Crippen molar-refractivity contribution in [1.82, 2.24) is 0 Å². The number of benzene rings is 2. The van der Waals surface area contributed by atoms with Crippen LogP contribution in [0.15, 0.2) is 42.5 Å². The molecule has 0 aromatic heterocycles. The van der Waals surface area contributed by atoms with Gasteiger partial charge in [-0.2, -0.15) is 0 Å². The molecule has 0 heterocycles. The first-order valence-corrected chi connectivity index (χ1v) is 12.4. The van der Waals surface area contributed by atoms with Crippen LogP contribution in [0.5, 0.6) is 5.75 Å². The van der Waals surface area contributed by atoms with Crippen LogP contribution in [0.25, 0.3) is 11.1 Å². The molecule has 1 nitrogen and oxygen atoms in total. The zero-order valence-electron chi connectivity index (χ0n) is 18.8. The second-order valence-corrected chi connectivity index (χ2v) is 9.27. The van der Waals surface area contributed by atoms with Crippen molar-refractivity contribution in [3.05, 3.63) is 59.5 Å². The van der Waals surface area contributed by atoms with Crippen LogP contribution < -0.4 is 4.74 Å². The van der Waals surface area contributed by atoms with Crippen molar-refractivity contribution >= 4 is 11.6 Å². The van der Waals surface area contributed by atoms with E-state index in [2.05, 4.69) is 50.6 Å². The summed E-state index contributed by atoms with van der Waals surface area (Å²) in [7, 11) is 0. The summed E-state index contributed by atoms with van der Waals surface area (Å²) in [5.74, 6) is 1.73. The SMILES string of the molecule is CCCCC(CCC)Oc1ccc(-c2ccc(CCC3CC[CH]CC3)cc2)cc1Cl. The maximum Gasteiger partial charge on any atom is 0.138 e. The van der Waals surface area contributed by atoms with Crippen molar-refractivity contribution in [2.45, 2.75) is 90.6 Å². The molecule has 1 aliphatic carbocycles. The highest BCUT2D eigenvalue weighted by Gasteiger charge is 2.14. The van der Waals surface area contributed by atoms with Crippen LogP contribution in [0.2, 0.25) is 5.02 Å². The van der Waals surface area contributed by atoms with Gasteiger partial charge in [-0.05, 0) is 79.7 Å².